The summed E-state index contributed by atoms with van der Waals surface area (Å²) in [5.74, 6) is 0.259. The number of pyridine rings is 1. The van der Waals surface area contributed by atoms with Gasteiger partial charge in [-0.15, -0.1) is 0 Å². The van der Waals surface area contributed by atoms with E-state index in [1.807, 2.05) is 36.4 Å². The van der Waals surface area contributed by atoms with E-state index in [2.05, 4.69) is 27.8 Å². The van der Waals surface area contributed by atoms with Gasteiger partial charge in [-0.3, -0.25) is 14.6 Å². The van der Waals surface area contributed by atoms with Gasteiger partial charge < -0.3 is 10.6 Å². The van der Waals surface area contributed by atoms with Crippen LogP contribution in [-0.4, -0.2) is 23.3 Å². The number of amides is 2. The van der Waals surface area contributed by atoms with E-state index in [1.54, 1.807) is 6.20 Å². The van der Waals surface area contributed by atoms with Crippen LogP contribution in [-0.2, 0) is 22.6 Å². The van der Waals surface area contributed by atoms with Crippen molar-refractivity contribution in [2.24, 2.45) is 11.8 Å². The van der Waals surface area contributed by atoms with Crippen molar-refractivity contribution < 1.29 is 9.59 Å². The quantitative estimate of drug-likeness (QED) is 0.692. The number of aromatic nitrogens is 1. The Hall–Kier alpha value is -2.69. The van der Waals surface area contributed by atoms with Crippen LogP contribution in [0.5, 0.6) is 0 Å². The third-order valence-electron chi connectivity index (χ3n) is 5.42. The lowest BCUT2D eigenvalue weighted by Crippen LogP contribution is -2.37. The molecule has 5 heteroatoms. The molecule has 2 aromatic rings. The molecule has 0 radical (unpaired) electrons. The summed E-state index contributed by atoms with van der Waals surface area (Å²) >= 11 is 0. The summed E-state index contributed by atoms with van der Waals surface area (Å²) in [6.45, 7) is 1.17. The molecule has 0 bridgehead atoms. The molecule has 2 amide bonds. The smallest absolute Gasteiger partial charge is 0.223 e. The number of benzene rings is 1. The molecule has 148 valence electrons. The third-order valence-corrected chi connectivity index (χ3v) is 5.42. The lowest BCUT2D eigenvalue weighted by atomic mass is 9.81. The number of aryl methyl sites for hydroxylation is 1. The number of carbonyl (C=O) groups is 2. The van der Waals surface area contributed by atoms with Gasteiger partial charge in [-0.25, -0.2) is 0 Å². The van der Waals surface area contributed by atoms with Crippen molar-refractivity contribution in [2.45, 2.75) is 45.1 Å². The molecule has 28 heavy (non-hydrogen) atoms. The second-order valence-electron chi connectivity index (χ2n) is 7.47. The van der Waals surface area contributed by atoms with E-state index in [0.29, 0.717) is 13.1 Å². The van der Waals surface area contributed by atoms with Gasteiger partial charge in [0.15, 0.2) is 0 Å². The maximum absolute atomic E-state index is 12.4. The Morgan fingerprint density at radius 2 is 1.50 bits per heavy atom. The van der Waals surface area contributed by atoms with Crippen LogP contribution in [0.1, 0.15) is 43.4 Å². The monoisotopic (exact) mass is 379 g/mol. The van der Waals surface area contributed by atoms with E-state index in [9.17, 15) is 9.59 Å². The van der Waals surface area contributed by atoms with Crippen LogP contribution >= 0.6 is 0 Å². The van der Waals surface area contributed by atoms with Crippen molar-refractivity contribution in [3.05, 3.63) is 66.0 Å². The van der Waals surface area contributed by atoms with Crippen LogP contribution in [0.25, 0.3) is 0 Å². The molecular formula is C23H29N3O2. The molecular weight excluding hydrogens is 350 g/mol. The summed E-state index contributed by atoms with van der Waals surface area (Å²) in [4.78, 5) is 28.9. The predicted molar refractivity (Wildman–Crippen MR) is 109 cm³/mol. The van der Waals surface area contributed by atoms with Crippen LogP contribution in [0.15, 0.2) is 54.7 Å². The van der Waals surface area contributed by atoms with Crippen molar-refractivity contribution in [3.63, 3.8) is 0 Å². The van der Waals surface area contributed by atoms with Gasteiger partial charge >= 0.3 is 0 Å². The highest BCUT2D eigenvalue weighted by atomic mass is 16.2. The van der Waals surface area contributed by atoms with Gasteiger partial charge in [0.1, 0.15) is 0 Å². The maximum Gasteiger partial charge on any atom is 0.223 e. The second kappa shape index (κ2) is 10.6. The van der Waals surface area contributed by atoms with Crippen LogP contribution in [0, 0.1) is 11.8 Å². The molecule has 5 nitrogen and oxygen atoms in total. The van der Waals surface area contributed by atoms with Gasteiger partial charge in [-0.05, 0) is 56.2 Å². The fraction of sp³-hybridized carbons (Fsp3) is 0.435. The lowest BCUT2D eigenvalue weighted by Gasteiger charge is -2.27. The summed E-state index contributed by atoms with van der Waals surface area (Å²) in [5, 5.41) is 6.03. The van der Waals surface area contributed by atoms with Gasteiger partial charge in [0.2, 0.25) is 11.8 Å². The number of hydrogen-bond donors (Lipinski definition) is 2. The molecule has 0 unspecified atom stereocenters. The van der Waals surface area contributed by atoms with Crippen LogP contribution in [0.3, 0.4) is 0 Å². The number of rotatable bonds is 8. The number of hydrogen-bond acceptors (Lipinski definition) is 3. The molecule has 1 saturated carbocycles. The summed E-state index contributed by atoms with van der Waals surface area (Å²) in [6, 6.07) is 16.0. The predicted octanol–water partition coefficient (Wildman–Crippen LogP) is 3.25. The average Bonchev–Trinajstić information content (AvgIpc) is 2.76. The summed E-state index contributed by atoms with van der Waals surface area (Å²) in [6.07, 6.45) is 6.77. The Morgan fingerprint density at radius 1 is 0.857 bits per heavy atom. The Morgan fingerprint density at radius 3 is 2.14 bits per heavy atom. The fourth-order valence-electron chi connectivity index (χ4n) is 3.74. The second-order valence-corrected chi connectivity index (χ2v) is 7.47. The molecule has 1 aromatic carbocycles. The topological polar surface area (TPSA) is 71.1 Å². The van der Waals surface area contributed by atoms with Crippen molar-refractivity contribution >= 4 is 11.8 Å². The van der Waals surface area contributed by atoms with Gasteiger partial charge in [0, 0.05) is 24.6 Å². The first-order chi connectivity index (χ1) is 13.7. The molecule has 1 aromatic heterocycles. The molecule has 1 fully saturated rings. The number of nitrogens with one attached hydrogen (secondary N) is 2. The van der Waals surface area contributed by atoms with E-state index in [4.69, 9.17) is 0 Å². The molecule has 0 atom stereocenters. The summed E-state index contributed by atoms with van der Waals surface area (Å²) in [5.41, 5.74) is 2.16. The van der Waals surface area contributed by atoms with Gasteiger partial charge in [-0.2, -0.15) is 0 Å². The third kappa shape index (κ3) is 6.19. The first kappa shape index (κ1) is 20.1. The number of carbonyl (C=O) groups excluding carboxylic acids is 2. The Labute approximate surface area is 167 Å². The van der Waals surface area contributed by atoms with E-state index in [-0.39, 0.29) is 23.7 Å². The van der Waals surface area contributed by atoms with Gasteiger partial charge in [0.05, 0.1) is 12.2 Å². The minimum Gasteiger partial charge on any atom is -0.356 e. The fourth-order valence-corrected chi connectivity index (χ4v) is 3.74. The maximum atomic E-state index is 12.4. The highest BCUT2D eigenvalue weighted by Gasteiger charge is 2.29. The minimum atomic E-state index is 0.00541. The van der Waals surface area contributed by atoms with E-state index >= 15 is 0 Å². The lowest BCUT2D eigenvalue weighted by molar-refractivity contribution is -0.130. The molecule has 0 saturated heterocycles. The standard InChI is InChI=1S/C23H29N3O2/c27-22(25-16-6-9-18-7-2-1-3-8-18)19-11-13-20(14-12-19)23(28)26-17-21-10-4-5-15-24-21/h1-5,7-8,10,15,19-20H,6,9,11-14,16-17H2,(H,25,27)(H,26,28). The average molecular weight is 380 g/mol. The van der Waals surface area contributed by atoms with Crippen molar-refractivity contribution in [1.82, 2.24) is 15.6 Å². The van der Waals surface area contributed by atoms with Crippen molar-refractivity contribution in [2.75, 3.05) is 6.54 Å². The zero-order valence-corrected chi connectivity index (χ0v) is 16.3. The molecule has 0 spiro atoms. The number of nitrogens with zero attached hydrogens (tertiary/aromatic N) is 1. The Balaban J connectivity index is 1.31. The SMILES string of the molecule is O=C(NCCCc1ccccc1)C1CCC(C(=O)NCc2ccccn2)CC1. The highest BCUT2D eigenvalue weighted by Crippen LogP contribution is 2.29. The summed E-state index contributed by atoms with van der Waals surface area (Å²) < 4.78 is 0. The van der Waals surface area contributed by atoms with Crippen molar-refractivity contribution in [3.8, 4) is 0 Å². The highest BCUT2D eigenvalue weighted by molar-refractivity contribution is 5.81. The van der Waals surface area contributed by atoms with E-state index in [1.165, 1.54) is 5.56 Å². The normalized spacial score (nSPS) is 19.0. The minimum absolute atomic E-state index is 0.00541. The van der Waals surface area contributed by atoms with Crippen LogP contribution in [0.2, 0.25) is 0 Å². The summed E-state index contributed by atoms with van der Waals surface area (Å²) in [7, 11) is 0. The molecule has 1 aliphatic carbocycles. The molecule has 2 N–H and O–H groups in total. The molecule has 3 rings (SSSR count). The van der Waals surface area contributed by atoms with Crippen LogP contribution in [0.4, 0.5) is 0 Å². The first-order valence-electron chi connectivity index (χ1n) is 10.2. The Kier molecular flexibility index (Phi) is 7.59. The van der Waals surface area contributed by atoms with Crippen molar-refractivity contribution in [1.29, 1.82) is 0 Å². The Bertz CT molecular complexity index is 741. The largest absolute Gasteiger partial charge is 0.356 e. The van der Waals surface area contributed by atoms with E-state index in [0.717, 1.165) is 44.2 Å². The molecule has 1 heterocycles. The molecule has 0 aliphatic heterocycles. The molecule has 1 aliphatic rings. The van der Waals surface area contributed by atoms with E-state index < -0.39 is 0 Å². The zero-order valence-electron chi connectivity index (χ0n) is 16.3. The van der Waals surface area contributed by atoms with Crippen LogP contribution < -0.4 is 10.6 Å². The first-order valence-corrected chi connectivity index (χ1v) is 10.2. The van der Waals surface area contributed by atoms with Gasteiger partial charge in [0.25, 0.3) is 0 Å². The van der Waals surface area contributed by atoms with Gasteiger partial charge in [-0.1, -0.05) is 36.4 Å². The zero-order chi connectivity index (χ0) is 19.6.